The van der Waals surface area contributed by atoms with Crippen LogP contribution < -0.4 is 0 Å². The van der Waals surface area contributed by atoms with Gasteiger partial charge in [0.1, 0.15) is 17.5 Å². The van der Waals surface area contributed by atoms with Crippen molar-refractivity contribution in [3.05, 3.63) is 0 Å². The van der Waals surface area contributed by atoms with E-state index in [2.05, 4.69) is 12.6 Å². The Hall–Kier alpha value is -0.920. The summed E-state index contributed by atoms with van der Waals surface area (Å²) in [4.78, 5) is 24.3. The van der Waals surface area contributed by atoms with E-state index >= 15 is 0 Å². The Kier molecular flexibility index (Phi) is 7.10. The van der Waals surface area contributed by atoms with E-state index in [1.165, 1.54) is 0 Å². The fourth-order valence-corrected chi connectivity index (χ4v) is 3.15. The molecule has 4 atom stereocenters. The molecule has 0 aromatic carbocycles. The van der Waals surface area contributed by atoms with E-state index in [0.717, 1.165) is 0 Å². The van der Waals surface area contributed by atoms with Gasteiger partial charge in [-0.1, -0.05) is 20.8 Å². The van der Waals surface area contributed by atoms with Crippen LogP contribution in [0.25, 0.3) is 0 Å². The van der Waals surface area contributed by atoms with Gasteiger partial charge < -0.3 is 9.47 Å². The Labute approximate surface area is 158 Å². The van der Waals surface area contributed by atoms with E-state index in [-0.39, 0.29) is 18.6 Å². The van der Waals surface area contributed by atoms with Gasteiger partial charge in [0, 0.05) is 5.92 Å². The maximum Gasteiger partial charge on any atom is 0.509 e. The lowest BCUT2D eigenvalue weighted by molar-refractivity contribution is -0.215. The minimum absolute atomic E-state index is 0.0372. The molecule has 1 fully saturated rings. The number of carbonyl (C=O) groups is 2. The second-order valence-electron chi connectivity index (χ2n) is 8.95. The van der Waals surface area contributed by atoms with Gasteiger partial charge in [0.05, 0.1) is 11.2 Å². The van der Waals surface area contributed by atoms with E-state index < -0.39 is 53.0 Å². The summed E-state index contributed by atoms with van der Waals surface area (Å²) in [6.07, 6.45) is -7.25. The van der Waals surface area contributed by atoms with Crippen molar-refractivity contribution in [2.24, 2.45) is 17.3 Å². The largest absolute Gasteiger partial charge is 0.509 e. The molecule has 0 radical (unpaired) electrons. The van der Waals surface area contributed by atoms with E-state index in [1.54, 1.807) is 20.8 Å². The minimum atomic E-state index is -4.57. The first-order chi connectivity index (χ1) is 11.5. The lowest BCUT2D eigenvalue weighted by Gasteiger charge is -2.38. The highest BCUT2D eigenvalue weighted by Crippen LogP contribution is 2.43. The van der Waals surface area contributed by atoms with Gasteiger partial charge in [0.2, 0.25) is 0 Å². The normalized spacial score (nSPS) is 26.2. The second-order valence-corrected chi connectivity index (χ2v) is 9.47. The number of thiol groups is 1. The summed E-state index contributed by atoms with van der Waals surface area (Å²) in [5, 5.41) is -0.648. The van der Waals surface area contributed by atoms with Crippen LogP contribution >= 0.6 is 12.6 Å². The fraction of sp³-hybridized carbons (Fsp3) is 0.889. The summed E-state index contributed by atoms with van der Waals surface area (Å²) < 4.78 is 50.4. The van der Waals surface area contributed by atoms with Gasteiger partial charge in [0.15, 0.2) is 0 Å². The molecule has 0 bridgehead atoms. The molecule has 1 rings (SSSR count). The number of ketones is 1. The Morgan fingerprint density at radius 2 is 1.58 bits per heavy atom. The van der Waals surface area contributed by atoms with E-state index in [9.17, 15) is 22.8 Å². The number of carbonyl (C=O) groups excluding carboxylic acids is 2. The first kappa shape index (κ1) is 23.1. The molecule has 0 heterocycles. The van der Waals surface area contributed by atoms with Crippen LogP contribution in [0.15, 0.2) is 0 Å². The van der Waals surface area contributed by atoms with Crippen molar-refractivity contribution in [2.45, 2.75) is 83.9 Å². The average molecular weight is 398 g/mol. The van der Waals surface area contributed by atoms with E-state index in [0.29, 0.717) is 0 Å². The molecule has 26 heavy (non-hydrogen) atoms. The third kappa shape index (κ3) is 6.67. The number of ether oxygens (including phenoxy) is 2. The van der Waals surface area contributed by atoms with Crippen LogP contribution in [-0.2, 0) is 14.3 Å². The molecular weight excluding hydrogens is 369 g/mol. The van der Waals surface area contributed by atoms with Crippen LogP contribution in [0.5, 0.6) is 0 Å². The van der Waals surface area contributed by atoms with Crippen molar-refractivity contribution in [1.29, 1.82) is 0 Å². The molecule has 0 amide bonds. The zero-order valence-electron chi connectivity index (χ0n) is 16.1. The van der Waals surface area contributed by atoms with Gasteiger partial charge in [-0.15, -0.1) is 0 Å². The summed E-state index contributed by atoms with van der Waals surface area (Å²) in [6, 6.07) is 0. The molecule has 0 aliphatic heterocycles. The van der Waals surface area contributed by atoms with Gasteiger partial charge in [-0.3, -0.25) is 4.79 Å². The summed E-state index contributed by atoms with van der Waals surface area (Å²) >= 11 is 4.31. The molecule has 8 heteroatoms. The van der Waals surface area contributed by atoms with Crippen LogP contribution in [0.4, 0.5) is 18.0 Å². The highest BCUT2D eigenvalue weighted by molar-refractivity contribution is 7.81. The fourth-order valence-electron chi connectivity index (χ4n) is 2.93. The summed E-state index contributed by atoms with van der Waals surface area (Å²) in [5.41, 5.74) is -1.30. The maximum absolute atomic E-state index is 13.5. The number of Topliss-reactive ketones (excluding diaryl/α,β-unsaturated/α-hetero) is 1. The van der Waals surface area contributed by atoms with E-state index in [1.807, 2.05) is 20.8 Å². The zero-order chi connectivity index (χ0) is 20.5. The van der Waals surface area contributed by atoms with E-state index in [4.69, 9.17) is 9.47 Å². The van der Waals surface area contributed by atoms with Gasteiger partial charge >= 0.3 is 12.3 Å². The third-order valence-electron chi connectivity index (χ3n) is 4.34. The molecule has 152 valence electrons. The van der Waals surface area contributed by atoms with Gasteiger partial charge in [-0.2, -0.15) is 25.8 Å². The summed E-state index contributed by atoms with van der Waals surface area (Å²) in [6.45, 7) is 10.3. The number of alkyl halides is 3. The molecule has 0 spiro atoms. The standard InChI is InChI=1S/C18H29F3O4S/c1-16(2,3)14(26)13(22)10-7-8-12(11(9-10)18(19,20)21)24-15(23)25-17(4,5)6/h10-12,14,26H,7-9H2,1-6H3. The van der Waals surface area contributed by atoms with Gasteiger partial charge in [-0.25, -0.2) is 4.79 Å². The lowest BCUT2D eigenvalue weighted by atomic mass is 9.74. The van der Waals surface area contributed by atoms with Crippen molar-refractivity contribution in [3.8, 4) is 0 Å². The third-order valence-corrected chi connectivity index (χ3v) is 5.37. The minimum Gasteiger partial charge on any atom is -0.430 e. The van der Waals surface area contributed by atoms with Crippen molar-refractivity contribution < 1.29 is 32.2 Å². The predicted molar refractivity (Wildman–Crippen MR) is 95.2 cm³/mol. The number of hydrogen-bond acceptors (Lipinski definition) is 5. The van der Waals surface area contributed by atoms with Crippen LogP contribution in [0.3, 0.4) is 0 Å². The zero-order valence-corrected chi connectivity index (χ0v) is 17.0. The topological polar surface area (TPSA) is 52.6 Å². The molecule has 4 nitrogen and oxygen atoms in total. The number of hydrogen-bond donors (Lipinski definition) is 1. The molecule has 4 unspecified atom stereocenters. The number of rotatable bonds is 3. The van der Waals surface area contributed by atoms with Gasteiger partial charge in [-0.05, 0) is 45.4 Å². The van der Waals surface area contributed by atoms with Gasteiger partial charge in [0.25, 0.3) is 0 Å². The molecule has 0 aromatic rings. The molecule has 0 saturated heterocycles. The molecule has 0 N–H and O–H groups in total. The first-order valence-electron chi connectivity index (χ1n) is 8.70. The first-order valence-corrected chi connectivity index (χ1v) is 9.22. The monoisotopic (exact) mass is 398 g/mol. The predicted octanol–water partition coefficient (Wildman–Crippen LogP) is 5.20. The summed E-state index contributed by atoms with van der Waals surface area (Å²) in [5.74, 6) is -2.93. The summed E-state index contributed by atoms with van der Waals surface area (Å²) in [7, 11) is 0. The van der Waals surface area contributed by atoms with Crippen molar-refractivity contribution in [1.82, 2.24) is 0 Å². The maximum atomic E-state index is 13.5. The number of halogens is 3. The highest BCUT2D eigenvalue weighted by atomic mass is 32.1. The smallest absolute Gasteiger partial charge is 0.430 e. The van der Waals surface area contributed by atoms with Crippen LogP contribution in [0, 0.1) is 17.3 Å². The van der Waals surface area contributed by atoms with Crippen LogP contribution in [-0.4, -0.2) is 35.1 Å². The molecule has 0 aromatic heterocycles. The van der Waals surface area contributed by atoms with Crippen molar-refractivity contribution in [2.75, 3.05) is 0 Å². The van der Waals surface area contributed by atoms with Crippen LogP contribution in [0.2, 0.25) is 0 Å². The van der Waals surface area contributed by atoms with Crippen molar-refractivity contribution in [3.63, 3.8) is 0 Å². The average Bonchev–Trinajstić information content (AvgIpc) is 2.41. The Bertz CT molecular complexity index is 520. The van der Waals surface area contributed by atoms with Crippen molar-refractivity contribution >= 4 is 24.6 Å². The lowest BCUT2D eigenvalue weighted by Crippen LogP contribution is -2.46. The molecule has 1 aliphatic rings. The Balaban J connectivity index is 2.88. The Morgan fingerprint density at radius 1 is 1.04 bits per heavy atom. The quantitative estimate of drug-likeness (QED) is 0.524. The highest BCUT2D eigenvalue weighted by Gasteiger charge is 2.51. The second kappa shape index (κ2) is 7.98. The molecule has 1 aliphatic carbocycles. The van der Waals surface area contributed by atoms with Crippen LogP contribution in [0.1, 0.15) is 60.8 Å². The molecule has 1 saturated carbocycles. The SMILES string of the molecule is CC(C)(C)OC(=O)OC1CCC(C(=O)C(S)C(C)(C)C)CC1C(F)(F)F. The molecular formula is C18H29F3O4S. The Morgan fingerprint density at radius 3 is 2.00 bits per heavy atom.